The Kier molecular flexibility index (Phi) is 4.02. The van der Waals surface area contributed by atoms with Gasteiger partial charge < -0.3 is 4.74 Å². The van der Waals surface area contributed by atoms with Crippen molar-refractivity contribution >= 4 is 17.5 Å². The number of benzene rings is 1. The molecule has 0 aliphatic carbocycles. The predicted octanol–water partition coefficient (Wildman–Crippen LogP) is 2.09. The number of Topliss-reactive ketones (excluding diaryl/α,β-unsaturated/α-hetero) is 1. The smallest absolute Gasteiger partial charge is 0.173 e. The minimum atomic E-state index is -0.0598. The number of methoxy groups -OCH3 is 1. The topological polar surface area (TPSA) is 50.1 Å². The molecule has 0 aliphatic rings. The van der Waals surface area contributed by atoms with E-state index in [1.165, 1.54) is 0 Å². The zero-order valence-electron chi connectivity index (χ0n) is 7.69. The third kappa shape index (κ3) is 2.79. The SMILES string of the molecule is COc1cccc(C(=O)CSC#N)c1. The molecule has 1 rings (SSSR count). The fraction of sp³-hybridized carbons (Fsp3) is 0.200. The second kappa shape index (κ2) is 5.30. The van der Waals surface area contributed by atoms with Crippen LogP contribution in [0.15, 0.2) is 24.3 Å². The molecule has 0 amide bonds. The molecule has 0 radical (unpaired) electrons. The van der Waals surface area contributed by atoms with Gasteiger partial charge in [-0.2, -0.15) is 5.26 Å². The molecule has 0 bridgehead atoms. The van der Waals surface area contributed by atoms with Gasteiger partial charge in [-0.05, 0) is 23.9 Å². The van der Waals surface area contributed by atoms with Gasteiger partial charge in [0.15, 0.2) is 5.78 Å². The second-order valence-corrected chi connectivity index (χ2v) is 3.30. The molecule has 0 atom stereocenters. The number of nitriles is 1. The molecule has 0 aliphatic heterocycles. The monoisotopic (exact) mass is 207 g/mol. The zero-order chi connectivity index (χ0) is 10.4. The average molecular weight is 207 g/mol. The summed E-state index contributed by atoms with van der Waals surface area (Å²) in [6.45, 7) is 0. The molecule has 72 valence electrons. The third-order valence-electron chi connectivity index (χ3n) is 1.66. The molecule has 0 aromatic heterocycles. The molecule has 3 nitrogen and oxygen atoms in total. The Morgan fingerprint density at radius 3 is 3.07 bits per heavy atom. The van der Waals surface area contributed by atoms with Crippen LogP contribution >= 0.6 is 11.8 Å². The highest BCUT2D eigenvalue weighted by molar-refractivity contribution is 8.04. The zero-order valence-corrected chi connectivity index (χ0v) is 8.50. The number of nitrogens with zero attached hydrogens (tertiary/aromatic N) is 1. The molecule has 0 unspecified atom stereocenters. The Hall–Kier alpha value is -1.47. The van der Waals surface area contributed by atoms with E-state index in [0.717, 1.165) is 11.8 Å². The van der Waals surface area contributed by atoms with Crippen LogP contribution in [0.5, 0.6) is 5.75 Å². The number of thioether (sulfide) groups is 1. The van der Waals surface area contributed by atoms with E-state index in [2.05, 4.69) is 0 Å². The van der Waals surface area contributed by atoms with Gasteiger partial charge in [-0.25, -0.2) is 0 Å². The van der Waals surface area contributed by atoms with Crippen molar-refractivity contribution in [3.8, 4) is 11.2 Å². The third-order valence-corrected chi connectivity index (χ3v) is 2.20. The predicted molar refractivity (Wildman–Crippen MR) is 55.4 cm³/mol. The number of ether oxygens (including phenoxy) is 1. The first-order chi connectivity index (χ1) is 6.77. The molecule has 1 aromatic carbocycles. The molecule has 0 fully saturated rings. The summed E-state index contributed by atoms with van der Waals surface area (Å²) < 4.78 is 4.99. The Morgan fingerprint density at radius 1 is 1.64 bits per heavy atom. The number of hydrogen-bond donors (Lipinski definition) is 0. The molecule has 1 aromatic rings. The first-order valence-corrected chi connectivity index (χ1v) is 4.94. The normalized spacial score (nSPS) is 9.14. The lowest BCUT2D eigenvalue weighted by Crippen LogP contribution is -2.01. The molecule has 0 N–H and O–H groups in total. The maximum atomic E-state index is 11.4. The van der Waals surface area contributed by atoms with Crippen LogP contribution in [0.25, 0.3) is 0 Å². The highest BCUT2D eigenvalue weighted by Crippen LogP contribution is 2.14. The lowest BCUT2D eigenvalue weighted by Gasteiger charge is -2.01. The van der Waals surface area contributed by atoms with Gasteiger partial charge in [-0.15, -0.1) is 0 Å². The van der Waals surface area contributed by atoms with Crippen molar-refractivity contribution < 1.29 is 9.53 Å². The molecular formula is C10H9NO2S. The van der Waals surface area contributed by atoms with Crippen LogP contribution in [-0.4, -0.2) is 18.6 Å². The number of carbonyl (C=O) groups excluding carboxylic acids is 1. The van der Waals surface area contributed by atoms with Crippen molar-refractivity contribution in [2.24, 2.45) is 0 Å². The van der Waals surface area contributed by atoms with E-state index < -0.39 is 0 Å². The molecular weight excluding hydrogens is 198 g/mol. The van der Waals surface area contributed by atoms with E-state index in [0.29, 0.717) is 11.3 Å². The minimum Gasteiger partial charge on any atom is -0.497 e. The molecule has 0 heterocycles. The van der Waals surface area contributed by atoms with Crippen LogP contribution in [0.3, 0.4) is 0 Å². The number of thiocyanates is 1. The van der Waals surface area contributed by atoms with Crippen molar-refractivity contribution in [3.05, 3.63) is 29.8 Å². The number of hydrogen-bond acceptors (Lipinski definition) is 4. The largest absolute Gasteiger partial charge is 0.497 e. The van der Waals surface area contributed by atoms with Crippen molar-refractivity contribution in [2.45, 2.75) is 0 Å². The van der Waals surface area contributed by atoms with Crippen molar-refractivity contribution in [2.75, 3.05) is 12.9 Å². The summed E-state index contributed by atoms with van der Waals surface area (Å²) in [5.41, 5.74) is 0.576. The van der Waals surface area contributed by atoms with Crippen LogP contribution in [0.2, 0.25) is 0 Å². The summed E-state index contributed by atoms with van der Waals surface area (Å²) in [6.07, 6.45) is 0. The maximum absolute atomic E-state index is 11.4. The van der Waals surface area contributed by atoms with E-state index in [4.69, 9.17) is 10.00 Å². The number of rotatable bonds is 4. The fourth-order valence-electron chi connectivity index (χ4n) is 0.978. The Labute approximate surface area is 86.7 Å². The lowest BCUT2D eigenvalue weighted by atomic mass is 10.1. The molecule has 0 saturated carbocycles. The fourth-order valence-corrected chi connectivity index (χ4v) is 1.34. The maximum Gasteiger partial charge on any atom is 0.173 e. The molecule has 0 saturated heterocycles. The van der Waals surface area contributed by atoms with E-state index in [-0.39, 0.29) is 11.5 Å². The minimum absolute atomic E-state index is 0.0598. The number of ketones is 1. The average Bonchev–Trinajstić information content (AvgIpc) is 2.26. The molecule has 0 spiro atoms. The Bertz CT molecular complexity index is 371. The van der Waals surface area contributed by atoms with Gasteiger partial charge in [0.2, 0.25) is 0 Å². The van der Waals surface area contributed by atoms with Gasteiger partial charge in [0.05, 0.1) is 12.9 Å². The van der Waals surface area contributed by atoms with Crippen LogP contribution in [0, 0.1) is 10.7 Å². The van der Waals surface area contributed by atoms with Crippen molar-refractivity contribution in [3.63, 3.8) is 0 Å². The first-order valence-electron chi connectivity index (χ1n) is 3.96. The Balaban J connectivity index is 2.75. The highest BCUT2D eigenvalue weighted by Gasteiger charge is 2.06. The van der Waals surface area contributed by atoms with Gasteiger partial charge >= 0.3 is 0 Å². The summed E-state index contributed by atoms with van der Waals surface area (Å²) in [7, 11) is 1.55. The van der Waals surface area contributed by atoms with Gasteiger partial charge in [0.25, 0.3) is 0 Å². The molecule has 14 heavy (non-hydrogen) atoms. The van der Waals surface area contributed by atoms with E-state index in [1.807, 2.05) is 5.40 Å². The quantitative estimate of drug-likeness (QED) is 0.560. The van der Waals surface area contributed by atoms with E-state index in [9.17, 15) is 4.79 Å². The summed E-state index contributed by atoms with van der Waals surface area (Å²) in [5, 5.41) is 10.2. The van der Waals surface area contributed by atoms with Crippen LogP contribution in [-0.2, 0) is 0 Å². The van der Waals surface area contributed by atoms with Crippen LogP contribution in [0.1, 0.15) is 10.4 Å². The van der Waals surface area contributed by atoms with Gasteiger partial charge in [0, 0.05) is 5.56 Å². The van der Waals surface area contributed by atoms with E-state index >= 15 is 0 Å². The van der Waals surface area contributed by atoms with Gasteiger partial charge in [-0.3, -0.25) is 4.79 Å². The van der Waals surface area contributed by atoms with Crippen LogP contribution < -0.4 is 4.74 Å². The van der Waals surface area contributed by atoms with Crippen LogP contribution in [0.4, 0.5) is 0 Å². The summed E-state index contributed by atoms with van der Waals surface area (Å²) >= 11 is 0.940. The highest BCUT2D eigenvalue weighted by atomic mass is 32.2. The van der Waals surface area contributed by atoms with Gasteiger partial charge in [0.1, 0.15) is 11.2 Å². The lowest BCUT2D eigenvalue weighted by molar-refractivity contribution is 0.102. The van der Waals surface area contributed by atoms with Crippen molar-refractivity contribution in [1.29, 1.82) is 5.26 Å². The summed E-state index contributed by atoms with van der Waals surface area (Å²) in [6, 6.07) is 6.90. The summed E-state index contributed by atoms with van der Waals surface area (Å²) in [5.74, 6) is 0.775. The number of carbonyl (C=O) groups is 1. The van der Waals surface area contributed by atoms with E-state index in [1.54, 1.807) is 31.4 Å². The van der Waals surface area contributed by atoms with Crippen molar-refractivity contribution in [1.82, 2.24) is 0 Å². The van der Waals surface area contributed by atoms with Gasteiger partial charge in [-0.1, -0.05) is 12.1 Å². The first kappa shape index (κ1) is 10.6. The summed E-state index contributed by atoms with van der Waals surface area (Å²) in [4.78, 5) is 11.4. The molecule has 4 heteroatoms. The Morgan fingerprint density at radius 2 is 2.43 bits per heavy atom. The standard InChI is InChI=1S/C10H9NO2S/c1-13-9-4-2-3-8(5-9)10(12)6-14-7-11/h2-5H,6H2,1H3. The second-order valence-electron chi connectivity index (χ2n) is 2.54.